The zero-order valence-corrected chi connectivity index (χ0v) is 12.0. The molecule has 0 saturated carbocycles. The highest BCUT2D eigenvalue weighted by Crippen LogP contribution is 2.29. The van der Waals surface area contributed by atoms with Crippen molar-refractivity contribution >= 4 is 17.2 Å². The van der Waals surface area contributed by atoms with Gasteiger partial charge in [0.05, 0.1) is 5.69 Å². The van der Waals surface area contributed by atoms with Crippen LogP contribution < -0.4 is 10.6 Å². The molecule has 21 heavy (non-hydrogen) atoms. The first-order chi connectivity index (χ1) is 10.1. The van der Waals surface area contributed by atoms with Crippen LogP contribution in [0.2, 0.25) is 0 Å². The van der Waals surface area contributed by atoms with Crippen molar-refractivity contribution in [2.75, 3.05) is 11.4 Å². The van der Waals surface area contributed by atoms with Crippen LogP contribution in [0.5, 0.6) is 0 Å². The normalized spacial score (nSPS) is 11.5. The molecule has 0 radical (unpaired) electrons. The lowest BCUT2D eigenvalue weighted by Crippen LogP contribution is -2.22. The Balaban J connectivity index is 2.59. The molecule has 0 heterocycles. The summed E-state index contributed by atoms with van der Waals surface area (Å²) < 4.78 is 13.5. The molecule has 0 saturated heterocycles. The number of hydrogen-bond acceptors (Lipinski definition) is 3. The number of nitrogens with zero attached hydrogens (tertiary/aromatic N) is 2. The topological polar surface area (TPSA) is 61.8 Å². The first kappa shape index (κ1) is 14.8. The maximum atomic E-state index is 13.5. The lowest BCUT2D eigenvalue weighted by atomic mass is 10.1. The number of benzene rings is 2. The molecule has 2 aromatic rings. The minimum absolute atomic E-state index is 0.0276. The molecule has 0 aliphatic heterocycles. The Bertz CT molecular complexity index is 670. The summed E-state index contributed by atoms with van der Waals surface area (Å²) in [5, 5.41) is 12.0. The summed E-state index contributed by atoms with van der Waals surface area (Å²) in [6, 6.07) is 12.0. The molecule has 2 rings (SSSR count). The maximum absolute atomic E-state index is 13.5. The van der Waals surface area contributed by atoms with E-state index < -0.39 is 0 Å². The van der Waals surface area contributed by atoms with E-state index >= 15 is 0 Å². The predicted octanol–water partition coefficient (Wildman–Crippen LogP) is 3.39. The zero-order valence-electron chi connectivity index (χ0n) is 12.0. The van der Waals surface area contributed by atoms with Gasteiger partial charge in [0.25, 0.3) is 0 Å². The van der Waals surface area contributed by atoms with E-state index in [9.17, 15) is 4.39 Å². The van der Waals surface area contributed by atoms with Crippen molar-refractivity contribution in [1.29, 1.82) is 0 Å². The van der Waals surface area contributed by atoms with Gasteiger partial charge in [-0.05, 0) is 49.7 Å². The minimum atomic E-state index is -0.302. The van der Waals surface area contributed by atoms with Crippen molar-refractivity contribution < 1.29 is 9.60 Å². The summed E-state index contributed by atoms with van der Waals surface area (Å²) in [5.74, 6) is -0.274. The fourth-order valence-corrected chi connectivity index (χ4v) is 2.27. The van der Waals surface area contributed by atoms with E-state index in [1.54, 1.807) is 12.1 Å². The van der Waals surface area contributed by atoms with Gasteiger partial charge in [-0.15, -0.1) is 0 Å². The number of hydrogen-bond donors (Lipinski definition) is 2. The average molecular weight is 287 g/mol. The highest BCUT2D eigenvalue weighted by Gasteiger charge is 2.15. The number of halogens is 1. The molecule has 0 spiro atoms. The van der Waals surface area contributed by atoms with Crippen LogP contribution in [-0.4, -0.2) is 17.6 Å². The molecule has 5 heteroatoms. The van der Waals surface area contributed by atoms with E-state index in [1.165, 1.54) is 12.1 Å². The van der Waals surface area contributed by atoms with Crippen LogP contribution >= 0.6 is 0 Å². The summed E-state index contributed by atoms with van der Waals surface area (Å²) in [6.07, 6.45) is 0. The fourth-order valence-electron chi connectivity index (χ4n) is 2.27. The summed E-state index contributed by atoms with van der Waals surface area (Å²) >= 11 is 0. The van der Waals surface area contributed by atoms with Gasteiger partial charge in [0.15, 0.2) is 5.84 Å². The van der Waals surface area contributed by atoms with E-state index in [2.05, 4.69) is 5.16 Å². The number of oxime groups is 1. The van der Waals surface area contributed by atoms with Gasteiger partial charge in [0.1, 0.15) is 5.82 Å². The molecule has 2 aromatic carbocycles. The van der Waals surface area contributed by atoms with Crippen LogP contribution in [0.4, 0.5) is 15.8 Å². The quantitative estimate of drug-likeness (QED) is 0.392. The minimum Gasteiger partial charge on any atom is -0.409 e. The van der Waals surface area contributed by atoms with Crippen LogP contribution in [-0.2, 0) is 0 Å². The summed E-state index contributed by atoms with van der Waals surface area (Å²) in [4.78, 5) is 1.92. The standard InChI is InChI=1S/C16H18FN3O/c1-3-20(13-6-4-5-12(17)10-13)15-9-11(2)7-8-14(15)16(18)19-21/h4-10,21H,3H2,1-2H3,(H2,18,19). The molecule has 0 unspecified atom stereocenters. The van der Waals surface area contributed by atoms with Gasteiger partial charge in [-0.2, -0.15) is 0 Å². The van der Waals surface area contributed by atoms with E-state index in [4.69, 9.17) is 10.9 Å². The zero-order chi connectivity index (χ0) is 15.4. The molecule has 0 fully saturated rings. The van der Waals surface area contributed by atoms with Crippen LogP contribution in [0, 0.1) is 12.7 Å². The third kappa shape index (κ3) is 3.13. The molecule has 4 nitrogen and oxygen atoms in total. The average Bonchev–Trinajstić information content (AvgIpc) is 2.47. The second-order valence-electron chi connectivity index (χ2n) is 4.73. The molecule has 3 N–H and O–H groups in total. The second-order valence-corrected chi connectivity index (χ2v) is 4.73. The fraction of sp³-hybridized carbons (Fsp3) is 0.188. The van der Waals surface area contributed by atoms with Crippen molar-refractivity contribution in [1.82, 2.24) is 0 Å². The van der Waals surface area contributed by atoms with Crippen molar-refractivity contribution in [3.8, 4) is 0 Å². The Labute approximate surface area is 123 Å². The van der Waals surface area contributed by atoms with Gasteiger partial charge in [0, 0.05) is 17.8 Å². The summed E-state index contributed by atoms with van der Waals surface area (Å²) in [6.45, 7) is 4.54. The SMILES string of the molecule is CCN(c1cccc(F)c1)c1cc(C)ccc1C(N)=NO. The third-order valence-corrected chi connectivity index (χ3v) is 3.26. The lowest BCUT2D eigenvalue weighted by Gasteiger charge is -2.26. The molecule has 0 aromatic heterocycles. The van der Waals surface area contributed by atoms with Gasteiger partial charge < -0.3 is 15.8 Å². The van der Waals surface area contributed by atoms with Crippen LogP contribution in [0.3, 0.4) is 0 Å². The van der Waals surface area contributed by atoms with Crippen LogP contribution in [0.1, 0.15) is 18.1 Å². The third-order valence-electron chi connectivity index (χ3n) is 3.26. The first-order valence-electron chi connectivity index (χ1n) is 6.68. The number of aryl methyl sites for hydroxylation is 1. The number of rotatable bonds is 4. The Morgan fingerprint density at radius 3 is 2.67 bits per heavy atom. The summed E-state index contributed by atoms with van der Waals surface area (Å²) in [5.41, 5.74) is 8.88. The Hall–Kier alpha value is -2.56. The van der Waals surface area contributed by atoms with E-state index in [0.29, 0.717) is 12.1 Å². The molecule has 110 valence electrons. The van der Waals surface area contributed by atoms with E-state index in [0.717, 1.165) is 16.9 Å². The number of anilines is 2. The number of amidine groups is 1. The number of nitrogens with two attached hydrogens (primary N) is 1. The molecular weight excluding hydrogens is 269 g/mol. The van der Waals surface area contributed by atoms with Gasteiger partial charge in [-0.1, -0.05) is 17.3 Å². The maximum Gasteiger partial charge on any atom is 0.172 e. The van der Waals surface area contributed by atoms with Gasteiger partial charge >= 0.3 is 0 Å². The smallest absolute Gasteiger partial charge is 0.172 e. The first-order valence-corrected chi connectivity index (χ1v) is 6.68. The van der Waals surface area contributed by atoms with Crippen molar-refractivity contribution in [2.24, 2.45) is 10.9 Å². The Morgan fingerprint density at radius 1 is 1.29 bits per heavy atom. The van der Waals surface area contributed by atoms with Gasteiger partial charge in [0.2, 0.25) is 0 Å². The highest BCUT2D eigenvalue weighted by atomic mass is 19.1. The Kier molecular flexibility index (Phi) is 4.42. The Morgan fingerprint density at radius 2 is 2.05 bits per heavy atom. The molecule has 0 bridgehead atoms. The predicted molar refractivity (Wildman–Crippen MR) is 82.8 cm³/mol. The highest BCUT2D eigenvalue weighted by molar-refractivity contribution is 6.03. The largest absolute Gasteiger partial charge is 0.409 e. The van der Waals surface area contributed by atoms with Crippen molar-refractivity contribution in [3.63, 3.8) is 0 Å². The van der Waals surface area contributed by atoms with E-state index in [1.807, 2.05) is 36.9 Å². The second kappa shape index (κ2) is 6.26. The monoisotopic (exact) mass is 287 g/mol. The summed E-state index contributed by atoms with van der Waals surface area (Å²) in [7, 11) is 0. The lowest BCUT2D eigenvalue weighted by molar-refractivity contribution is 0.318. The van der Waals surface area contributed by atoms with Crippen molar-refractivity contribution in [3.05, 3.63) is 59.4 Å². The molecular formula is C16H18FN3O. The van der Waals surface area contributed by atoms with Crippen LogP contribution in [0.15, 0.2) is 47.6 Å². The van der Waals surface area contributed by atoms with E-state index in [-0.39, 0.29) is 11.7 Å². The molecule has 0 aliphatic carbocycles. The molecule has 0 atom stereocenters. The van der Waals surface area contributed by atoms with Crippen molar-refractivity contribution in [2.45, 2.75) is 13.8 Å². The van der Waals surface area contributed by atoms with Crippen LogP contribution in [0.25, 0.3) is 0 Å². The molecule has 0 amide bonds. The van der Waals surface area contributed by atoms with Gasteiger partial charge in [-0.25, -0.2) is 4.39 Å². The molecule has 0 aliphatic rings. The van der Waals surface area contributed by atoms with Gasteiger partial charge in [-0.3, -0.25) is 0 Å².